The number of esters is 2. The Balaban J connectivity index is 3.01. The van der Waals surface area contributed by atoms with E-state index in [0.717, 1.165) is 0 Å². The van der Waals surface area contributed by atoms with Crippen LogP contribution in [0.1, 0.15) is 13.3 Å². The van der Waals surface area contributed by atoms with Gasteiger partial charge in [-0.05, 0) is 22.4 Å². The van der Waals surface area contributed by atoms with Gasteiger partial charge in [-0.1, -0.05) is 6.92 Å². The fraction of sp³-hybridized carbons (Fsp3) is 0.333. The van der Waals surface area contributed by atoms with Crippen molar-refractivity contribution in [1.82, 2.24) is 0 Å². The van der Waals surface area contributed by atoms with Crippen LogP contribution in [-0.2, 0) is 14.3 Å². The molecule has 1 aliphatic rings. The zero-order valence-electron chi connectivity index (χ0n) is 5.31. The van der Waals surface area contributed by atoms with Crippen LogP contribution in [0, 0.1) is 0 Å². The van der Waals surface area contributed by atoms with Gasteiger partial charge in [0, 0.05) is 0 Å². The average molecular weight is 205 g/mol. The summed E-state index contributed by atoms with van der Waals surface area (Å²) < 4.78 is 4.54. The smallest absolute Gasteiger partial charge is 0.353 e. The van der Waals surface area contributed by atoms with E-state index >= 15 is 0 Å². The lowest BCUT2D eigenvalue weighted by molar-refractivity contribution is -0.150. The van der Waals surface area contributed by atoms with Crippen LogP contribution in [0.3, 0.4) is 0 Å². The molecule has 0 aliphatic carbocycles. The van der Waals surface area contributed by atoms with Gasteiger partial charge in [0.25, 0.3) is 0 Å². The number of carbonyl (C=O) groups is 2. The molecule has 1 aliphatic heterocycles. The Hall–Kier alpha value is -0.640. The van der Waals surface area contributed by atoms with E-state index in [0.29, 0.717) is 12.0 Å². The third-order valence-corrected chi connectivity index (χ3v) is 2.03. The maximum Gasteiger partial charge on any atom is 0.353 e. The maximum absolute atomic E-state index is 10.7. The second-order valence-electron chi connectivity index (χ2n) is 1.82. The van der Waals surface area contributed by atoms with Gasteiger partial charge in [0.1, 0.15) is 4.48 Å². The largest absolute Gasteiger partial charge is 0.386 e. The monoisotopic (exact) mass is 204 g/mol. The van der Waals surface area contributed by atoms with E-state index in [1.165, 1.54) is 0 Å². The quantitative estimate of drug-likeness (QED) is 0.476. The van der Waals surface area contributed by atoms with Crippen LogP contribution >= 0.6 is 15.9 Å². The average Bonchev–Trinajstić information content (AvgIpc) is 2.09. The summed E-state index contributed by atoms with van der Waals surface area (Å²) >= 11 is 2.95. The second-order valence-corrected chi connectivity index (χ2v) is 2.62. The van der Waals surface area contributed by atoms with Crippen molar-refractivity contribution in [3.63, 3.8) is 0 Å². The van der Waals surface area contributed by atoms with Crippen LogP contribution in [0.5, 0.6) is 0 Å². The van der Waals surface area contributed by atoms with Crippen molar-refractivity contribution in [1.29, 1.82) is 0 Å². The molecule has 0 bridgehead atoms. The van der Waals surface area contributed by atoms with Crippen molar-refractivity contribution >= 4 is 27.9 Å². The first kappa shape index (κ1) is 7.47. The van der Waals surface area contributed by atoms with Crippen molar-refractivity contribution in [3.8, 4) is 0 Å². The van der Waals surface area contributed by atoms with Gasteiger partial charge in [-0.25, -0.2) is 9.59 Å². The molecule has 0 saturated heterocycles. The summed E-state index contributed by atoms with van der Waals surface area (Å²) in [5.41, 5.74) is 0.421. The second kappa shape index (κ2) is 2.54. The maximum atomic E-state index is 10.7. The molecule has 0 amide bonds. The molecule has 3 nitrogen and oxygen atoms in total. The minimum absolute atomic E-state index is 0.264. The Kier molecular flexibility index (Phi) is 1.89. The number of halogens is 1. The zero-order chi connectivity index (χ0) is 7.72. The molecule has 0 aromatic carbocycles. The molecular formula is C6H5BrO3. The van der Waals surface area contributed by atoms with Gasteiger partial charge < -0.3 is 4.74 Å². The van der Waals surface area contributed by atoms with Crippen LogP contribution in [-0.4, -0.2) is 11.9 Å². The topological polar surface area (TPSA) is 43.4 Å². The Labute approximate surface area is 66.2 Å². The Morgan fingerprint density at radius 1 is 1.40 bits per heavy atom. The Morgan fingerprint density at radius 3 is 2.20 bits per heavy atom. The standard InChI is InChI=1S/C6H5BrO3/c1-2-3-4(7)6(9)10-5(3)8/h2H2,1H3. The van der Waals surface area contributed by atoms with E-state index in [9.17, 15) is 9.59 Å². The molecule has 0 N–H and O–H groups in total. The summed E-state index contributed by atoms with van der Waals surface area (Å²) in [6, 6.07) is 0. The van der Waals surface area contributed by atoms with Gasteiger partial charge in [0.15, 0.2) is 0 Å². The lowest BCUT2D eigenvalue weighted by atomic mass is 10.2. The minimum Gasteiger partial charge on any atom is -0.386 e. The molecule has 0 aromatic heterocycles. The van der Waals surface area contributed by atoms with E-state index in [4.69, 9.17) is 0 Å². The van der Waals surface area contributed by atoms with Crippen LogP contribution < -0.4 is 0 Å². The van der Waals surface area contributed by atoms with E-state index < -0.39 is 11.9 Å². The van der Waals surface area contributed by atoms with Crippen molar-refractivity contribution in [2.75, 3.05) is 0 Å². The van der Waals surface area contributed by atoms with Gasteiger partial charge >= 0.3 is 11.9 Å². The molecule has 1 rings (SSSR count). The fourth-order valence-electron chi connectivity index (χ4n) is 0.703. The Bertz CT molecular complexity index is 229. The normalized spacial score (nSPS) is 18.2. The van der Waals surface area contributed by atoms with Gasteiger partial charge in [-0.3, -0.25) is 0 Å². The first-order chi connectivity index (χ1) is 4.66. The van der Waals surface area contributed by atoms with Crippen molar-refractivity contribution in [3.05, 3.63) is 10.1 Å². The lowest BCUT2D eigenvalue weighted by Gasteiger charge is -1.87. The van der Waals surface area contributed by atoms with E-state index in [2.05, 4.69) is 20.7 Å². The summed E-state index contributed by atoms with van der Waals surface area (Å²) in [4.78, 5) is 21.3. The number of hydrogen-bond donors (Lipinski definition) is 0. The summed E-state index contributed by atoms with van der Waals surface area (Å²) in [6.07, 6.45) is 0.519. The number of rotatable bonds is 1. The highest BCUT2D eigenvalue weighted by Gasteiger charge is 2.29. The predicted octanol–water partition coefficient (Wildman–Crippen LogP) is 1.13. The molecule has 10 heavy (non-hydrogen) atoms. The molecule has 0 aromatic rings. The zero-order valence-corrected chi connectivity index (χ0v) is 6.90. The Morgan fingerprint density at radius 2 is 2.00 bits per heavy atom. The van der Waals surface area contributed by atoms with Crippen LogP contribution in [0.4, 0.5) is 0 Å². The van der Waals surface area contributed by atoms with E-state index in [-0.39, 0.29) is 4.48 Å². The molecule has 0 saturated carbocycles. The van der Waals surface area contributed by atoms with Gasteiger partial charge in [-0.2, -0.15) is 0 Å². The van der Waals surface area contributed by atoms with Gasteiger partial charge in [-0.15, -0.1) is 0 Å². The lowest BCUT2D eigenvalue weighted by Crippen LogP contribution is -2.01. The van der Waals surface area contributed by atoms with Crippen molar-refractivity contribution in [2.45, 2.75) is 13.3 Å². The first-order valence-electron chi connectivity index (χ1n) is 2.82. The molecular weight excluding hydrogens is 200 g/mol. The predicted molar refractivity (Wildman–Crippen MR) is 37.3 cm³/mol. The fourth-order valence-corrected chi connectivity index (χ4v) is 1.23. The highest BCUT2D eigenvalue weighted by Crippen LogP contribution is 2.24. The highest BCUT2D eigenvalue weighted by atomic mass is 79.9. The van der Waals surface area contributed by atoms with Gasteiger partial charge in [0.2, 0.25) is 0 Å². The third-order valence-electron chi connectivity index (χ3n) is 1.23. The van der Waals surface area contributed by atoms with Crippen LogP contribution in [0.25, 0.3) is 0 Å². The number of carbonyl (C=O) groups excluding carboxylic acids is 2. The van der Waals surface area contributed by atoms with Crippen LogP contribution in [0.15, 0.2) is 10.1 Å². The molecule has 0 unspecified atom stereocenters. The summed E-state index contributed by atoms with van der Waals surface area (Å²) in [5, 5.41) is 0. The minimum atomic E-state index is -0.582. The summed E-state index contributed by atoms with van der Waals surface area (Å²) in [5.74, 6) is -1.11. The molecule has 4 heteroatoms. The summed E-state index contributed by atoms with van der Waals surface area (Å²) in [6.45, 7) is 1.79. The molecule has 1 heterocycles. The van der Waals surface area contributed by atoms with Crippen molar-refractivity contribution in [2.24, 2.45) is 0 Å². The third kappa shape index (κ3) is 0.988. The van der Waals surface area contributed by atoms with Crippen molar-refractivity contribution < 1.29 is 14.3 Å². The SMILES string of the molecule is CCC1=C(Br)C(=O)OC1=O. The van der Waals surface area contributed by atoms with E-state index in [1.807, 2.05) is 0 Å². The first-order valence-corrected chi connectivity index (χ1v) is 3.61. The van der Waals surface area contributed by atoms with E-state index in [1.54, 1.807) is 6.92 Å². The van der Waals surface area contributed by atoms with Crippen LogP contribution in [0.2, 0.25) is 0 Å². The molecule has 0 atom stereocenters. The highest BCUT2D eigenvalue weighted by molar-refractivity contribution is 9.12. The summed E-state index contributed by atoms with van der Waals surface area (Å²) in [7, 11) is 0. The number of hydrogen-bond acceptors (Lipinski definition) is 3. The van der Waals surface area contributed by atoms with Gasteiger partial charge in [0.05, 0.1) is 5.57 Å². The molecule has 0 radical (unpaired) electrons. The number of ether oxygens (including phenoxy) is 1. The number of cyclic esters (lactones) is 2. The molecule has 54 valence electrons. The molecule has 0 fully saturated rings. The molecule has 0 spiro atoms.